The molecule has 18 heavy (non-hydrogen) atoms. The summed E-state index contributed by atoms with van der Waals surface area (Å²) in [6.45, 7) is 5.49. The Morgan fingerprint density at radius 1 is 1.50 bits per heavy atom. The van der Waals surface area contributed by atoms with Gasteiger partial charge in [-0.15, -0.1) is 0 Å². The molecule has 0 bridgehead atoms. The first kappa shape index (κ1) is 11.9. The first-order valence-electron chi connectivity index (χ1n) is 6.65. The van der Waals surface area contributed by atoms with E-state index >= 15 is 0 Å². The van der Waals surface area contributed by atoms with Gasteiger partial charge < -0.3 is 15.3 Å². The van der Waals surface area contributed by atoms with Crippen molar-refractivity contribution in [3.8, 4) is 0 Å². The van der Waals surface area contributed by atoms with E-state index in [2.05, 4.69) is 20.2 Å². The lowest BCUT2D eigenvalue weighted by Crippen LogP contribution is -2.59. The fraction of sp³-hybridized carbons (Fsp3) is 0.692. The van der Waals surface area contributed by atoms with Gasteiger partial charge in [-0.3, -0.25) is 0 Å². The van der Waals surface area contributed by atoms with Crippen molar-refractivity contribution in [2.75, 3.05) is 31.1 Å². The Bertz CT molecular complexity index is 439. The second kappa shape index (κ2) is 4.48. The minimum absolute atomic E-state index is 0.301. The second-order valence-electron chi connectivity index (χ2n) is 5.41. The number of hydrogen-bond acceptors (Lipinski definition) is 5. The topological polar surface area (TPSA) is 61.3 Å². The molecular formula is C13H20N4O. The highest BCUT2D eigenvalue weighted by atomic mass is 16.3. The molecule has 5 heteroatoms. The first-order valence-corrected chi connectivity index (χ1v) is 6.65. The molecule has 0 spiro atoms. The highest BCUT2D eigenvalue weighted by Gasteiger charge is 2.43. The Labute approximate surface area is 107 Å². The molecule has 1 aromatic rings. The second-order valence-corrected chi connectivity index (χ2v) is 5.41. The zero-order valence-electron chi connectivity index (χ0n) is 10.8. The Morgan fingerprint density at radius 3 is 3.22 bits per heavy atom. The third-order valence-electron chi connectivity index (χ3n) is 4.23. The number of nitrogens with zero attached hydrogens (tertiary/aromatic N) is 3. The number of nitrogens with one attached hydrogen (secondary N) is 1. The number of piperidine rings is 2. The third kappa shape index (κ3) is 2.08. The molecule has 3 rings (SSSR count). The van der Waals surface area contributed by atoms with E-state index in [-0.39, 0.29) is 0 Å². The van der Waals surface area contributed by atoms with Gasteiger partial charge >= 0.3 is 0 Å². The van der Waals surface area contributed by atoms with Crippen LogP contribution < -0.4 is 10.2 Å². The van der Waals surface area contributed by atoms with Crippen molar-refractivity contribution in [3.63, 3.8) is 0 Å². The smallest absolute Gasteiger partial charge is 0.132 e. The Morgan fingerprint density at radius 2 is 2.39 bits per heavy atom. The van der Waals surface area contributed by atoms with Crippen molar-refractivity contribution in [3.05, 3.63) is 18.1 Å². The van der Waals surface area contributed by atoms with Gasteiger partial charge in [-0.1, -0.05) is 0 Å². The summed E-state index contributed by atoms with van der Waals surface area (Å²) >= 11 is 0. The molecule has 0 unspecified atom stereocenters. The molecule has 0 amide bonds. The van der Waals surface area contributed by atoms with Crippen LogP contribution >= 0.6 is 0 Å². The molecule has 2 aliphatic heterocycles. The lowest BCUT2D eigenvalue weighted by atomic mass is 9.76. The Balaban J connectivity index is 1.77. The Hall–Kier alpha value is -1.20. The summed E-state index contributed by atoms with van der Waals surface area (Å²) < 4.78 is 0. The minimum atomic E-state index is -0.468. The molecule has 0 aromatic carbocycles. The van der Waals surface area contributed by atoms with Crippen molar-refractivity contribution in [1.29, 1.82) is 0 Å². The summed E-state index contributed by atoms with van der Waals surface area (Å²) in [7, 11) is 0. The van der Waals surface area contributed by atoms with Gasteiger partial charge in [0.2, 0.25) is 0 Å². The van der Waals surface area contributed by atoms with Crippen LogP contribution in [0, 0.1) is 12.8 Å². The van der Waals surface area contributed by atoms with Crippen LogP contribution in [0.2, 0.25) is 0 Å². The molecule has 0 aliphatic carbocycles. The third-order valence-corrected chi connectivity index (χ3v) is 4.23. The maximum absolute atomic E-state index is 10.6. The van der Waals surface area contributed by atoms with Gasteiger partial charge in [0.15, 0.2) is 0 Å². The number of aliphatic hydroxyl groups is 1. The van der Waals surface area contributed by atoms with Crippen molar-refractivity contribution >= 4 is 5.82 Å². The van der Waals surface area contributed by atoms with E-state index in [4.69, 9.17) is 0 Å². The number of anilines is 1. The number of fused-ring (bicyclic) bond motifs is 1. The molecule has 98 valence electrons. The fourth-order valence-electron chi connectivity index (χ4n) is 3.05. The van der Waals surface area contributed by atoms with Crippen LogP contribution in [0.5, 0.6) is 0 Å². The molecular weight excluding hydrogens is 228 g/mol. The van der Waals surface area contributed by atoms with Crippen LogP contribution in [0.25, 0.3) is 0 Å². The maximum Gasteiger partial charge on any atom is 0.132 e. The van der Waals surface area contributed by atoms with E-state index in [0.717, 1.165) is 50.7 Å². The highest BCUT2D eigenvalue weighted by molar-refractivity contribution is 5.38. The molecule has 0 saturated carbocycles. The van der Waals surface area contributed by atoms with Crippen LogP contribution in [0.4, 0.5) is 5.82 Å². The van der Waals surface area contributed by atoms with Crippen LogP contribution in [0.1, 0.15) is 18.7 Å². The quantitative estimate of drug-likeness (QED) is 0.750. The monoisotopic (exact) mass is 248 g/mol. The average Bonchev–Trinajstić information content (AvgIpc) is 2.37. The minimum Gasteiger partial charge on any atom is -0.389 e. The maximum atomic E-state index is 10.6. The van der Waals surface area contributed by atoms with Crippen molar-refractivity contribution in [2.45, 2.75) is 25.4 Å². The number of aromatic nitrogens is 2. The van der Waals surface area contributed by atoms with Gasteiger partial charge in [0.05, 0.1) is 5.60 Å². The van der Waals surface area contributed by atoms with Gasteiger partial charge in [0, 0.05) is 31.7 Å². The number of rotatable bonds is 1. The van der Waals surface area contributed by atoms with Crippen LogP contribution in [0.3, 0.4) is 0 Å². The van der Waals surface area contributed by atoms with E-state index in [1.807, 2.05) is 13.0 Å². The standard InChI is InChI=1S/C13H20N4O/c1-10-15-5-2-12(16-10)17-7-4-13(18)3-6-14-8-11(13)9-17/h2,5,11,14,18H,3-4,6-9H2,1H3/t11-,13-/m0/s1. The van der Waals surface area contributed by atoms with Crippen LogP contribution in [-0.4, -0.2) is 46.9 Å². The van der Waals surface area contributed by atoms with Crippen molar-refractivity contribution in [1.82, 2.24) is 15.3 Å². The molecule has 0 radical (unpaired) electrons. The molecule has 2 fully saturated rings. The molecule has 2 saturated heterocycles. The molecule has 3 heterocycles. The zero-order valence-corrected chi connectivity index (χ0v) is 10.8. The van der Waals surface area contributed by atoms with Crippen LogP contribution in [0.15, 0.2) is 12.3 Å². The summed E-state index contributed by atoms with van der Waals surface area (Å²) in [6, 6.07) is 1.95. The van der Waals surface area contributed by atoms with Crippen molar-refractivity contribution in [2.24, 2.45) is 5.92 Å². The first-order chi connectivity index (χ1) is 8.67. The lowest BCUT2D eigenvalue weighted by molar-refractivity contribution is -0.0539. The molecule has 5 nitrogen and oxygen atoms in total. The van der Waals surface area contributed by atoms with Crippen LogP contribution in [-0.2, 0) is 0 Å². The Kier molecular flexibility index (Phi) is 2.95. The van der Waals surface area contributed by atoms with Gasteiger partial charge in [-0.2, -0.15) is 0 Å². The van der Waals surface area contributed by atoms with E-state index in [9.17, 15) is 5.11 Å². The van der Waals surface area contributed by atoms with E-state index in [1.54, 1.807) is 6.20 Å². The lowest BCUT2D eigenvalue weighted by Gasteiger charge is -2.47. The molecule has 2 aliphatic rings. The number of aryl methyl sites for hydroxylation is 1. The highest BCUT2D eigenvalue weighted by Crippen LogP contribution is 2.34. The average molecular weight is 248 g/mol. The normalized spacial score (nSPS) is 32.1. The van der Waals surface area contributed by atoms with E-state index in [1.165, 1.54) is 0 Å². The zero-order chi connectivity index (χ0) is 12.6. The SMILES string of the molecule is Cc1nccc(N2CC[C@@]3(O)CCNC[C@H]3C2)n1. The predicted molar refractivity (Wildman–Crippen MR) is 69.5 cm³/mol. The van der Waals surface area contributed by atoms with Gasteiger partial charge in [-0.25, -0.2) is 9.97 Å². The van der Waals surface area contributed by atoms with Gasteiger partial charge in [-0.05, 0) is 32.4 Å². The summed E-state index contributed by atoms with van der Waals surface area (Å²) in [4.78, 5) is 10.9. The molecule has 1 aromatic heterocycles. The summed E-state index contributed by atoms with van der Waals surface area (Å²) in [5, 5.41) is 14.0. The predicted octanol–water partition coefficient (Wildman–Crippen LogP) is 0.336. The molecule has 2 N–H and O–H groups in total. The largest absolute Gasteiger partial charge is 0.389 e. The summed E-state index contributed by atoms with van der Waals surface area (Å²) in [6.07, 6.45) is 3.51. The number of hydrogen-bond donors (Lipinski definition) is 2. The van der Waals surface area contributed by atoms with Gasteiger partial charge in [0.1, 0.15) is 11.6 Å². The van der Waals surface area contributed by atoms with E-state index < -0.39 is 5.60 Å². The molecule has 2 atom stereocenters. The summed E-state index contributed by atoms with van der Waals surface area (Å²) in [5.41, 5.74) is -0.468. The van der Waals surface area contributed by atoms with E-state index in [0.29, 0.717) is 5.92 Å². The van der Waals surface area contributed by atoms with Crippen molar-refractivity contribution < 1.29 is 5.11 Å². The summed E-state index contributed by atoms with van der Waals surface area (Å²) in [5.74, 6) is 2.08. The fourth-order valence-corrected chi connectivity index (χ4v) is 3.05. The van der Waals surface area contributed by atoms with Gasteiger partial charge in [0.25, 0.3) is 0 Å².